The van der Waals surface area contributed by atoms with Crippen LogP contribution in [0.25, 0.3) is 0 Å². The average Bonchev–Trinajstić information content (AvgIpc) is 2.70. The summed E-state index contributed by atoms with van der Waals surface area (Å²) < 4.78 is 0. The minimum absolute atomic E-state index is 0.00120. The van der Waals surface area contributed by atoms with Crippen LogP contribution in [-0.2, 0) is 13.0 Å². The molecule has 5 nitrogen and oxygen atoms in total. The second-order valence-corrected chi connectivity index (χ2v) is 3.78. The highest BCUT2D eigenvalue weighted by molar-refractivity contribution is 5.93. The molecule has 82 valence electrons. The van der Waals surface area contributed by atoms with E-state index in [1.54, 1.807) is 11.9 Å². The molecule has 0 saturated heterocycles. The summed E-state index contributed by atoms with van der Waals surface area (Å²) in [6.07, 6.45) is 0.922. The van der Waals surface area contributed by atoms with Gasteiger partial charge in [0.05, 0.1) is 0 Å². The molecule has 1 amide bonds. The van der Waals surface area contributed by atoms with Crippen LogP contribution in [0.2, 0.25) is 0 Å². The smallest absolute Gasteiger partial charge is 0.274 e. The first-order valence-corrected chi connectivity index (χ1v) is 5.26. The maximum absolute atomic E-state index is 11.9. The molecule has 2 N–H and O–H groups in total. The minimum atomic E-state index is -0.00120. The van der Waals surface area contributed by atoms with E-state index in [1.807, 2.05) is 6.92 Å². The van der Waals surface area contributed by atoms with Gasteiger partial charge in [-0.2, -0.15) is 5.10 Å². The Balaban J connectivity index is 2.28. The molecule has 0 aromatic carbocycles. The number of carbonyl (C=O) groups excluding carboxylic acids is 1. The van der Waals surface area contributed by atoms with E-state index < -0.39 is 0 Å². The van der Waals surface area contributed by atoms with E-state index in [9.17, 15) is 4.79 Å². The first-order valence-electron chi connectivity index (χ1n) is 5.26. The Morgan fingerprint density at radius 1 is 1.60 bits per heavy atom. The maximum Gasteiger partial charge on any atom is 0.274 e. The molecule has 0 fully saturated rings. The van der Waals surface area contributed by atoms with Crippen molar-refractivity contribution in [2.24, 2.45) is 0 Å². The van der Waals surface area contributed by atoms with Crippen LogP contribution in [-0.4, -0.2) is 41.1 Å². The number of H-pyrrole nitrogens is 1. The van der Waals surface area contributed by atoms with Crippen molar-refractivity contribution >= 4 is 5.91 Å². The summed E-state index contributed by atoms with van der Waals surface area (Å²) >= 11 is 0. The zero-order valence-electron chi connectivity index (χ0n) is 9.13. The summed E-state index contributed by atoms with van der Waals surface area (Å²) in [5.41, 5.74) is 2.70. The molecule has 1 aliphatic rings. The predicted octanol–water partition coefficient (Wildman–Crippen LogP) is 0.147. The summed E-state index contributed by atoms with van der Waals surface area (Å²) in [5, 5.41) is 10.3. The van der Waals surface area contributed by atoms with E-state index in [2.05, 4.69) is 15.5 Å². The molecule has 0 spiro atoms. The fraction of sp³-hybridized carbons (Fsp3) is 0.600. The van der Waals surface area contributed by atoms with Crippen LogP contribution in [0.1, 0.15) is 28.7 Å². The van der Waals surface area contributed by atoms with Crippen molar-refractivity contribution < 1.29 is 4.79 Å². The number of aromatic nitrogens is 2. The lowest BCUT2D eigenvalue weighted by atomic mass is 10.1. The van der Waals surface area contributed by atoms with Gasteiger partial charge < -0.3 is 10.2 Å². The Morgan fingerprint density at radius 3 is 3.13 bits per heavy atom. The number of aromatic amines is 1. The molecular formula is C10H16N4O. The molecule has 2 heterocycles. The van der Waals surface area contributed by atoms with E-state index in [1.165, 1.54) is 0 Å². The fourth-order valence-electron chi connectivity index (χ4n) is 1.73. The number of hydrogen-bond acceptors (Lipinski definition) is 3. The Hall–Kier alpha value is -1.36. The number of nitrogens with one attached hydrogen (secondary N) is 2. The minimum Gasteiger partial charge on any atom is -0.341 e. The zero-order valence-corrected chi connectivity index (χ0v) is 9.13. The molecule has 0 radical (unpaired) electrons. The lowest BCUT2D eigenvalue weighted by Gasteiger charge is -2.16. The average molecular weight is 208 g/mol. The van der Waals surface area contributed by atoms with Gasteiger partial charge in [0, 0.05) is 44.4 Å². The zero-order chi connectivity index (χ0) is 10.8. The topological polar surface area (TPSA) is 61.0 Å². The van der Waals surface area contributed by atoms with E-state index in [4.69, 9.17) is 0 Å². The lowest BCUT2D eigenvalue weighted by Crippen LogP contribution is -2.30. The van der Waals surface area contributed by atoms with Gasteiger partial charge in [-0.25, -0.2) is 0 Å². The summed E-state index contributed by atoms with van der Waals surface area (Å²) in [4.78, 5) is 13.6. The van der Waals surface area contributed by atoms with Crippen molar-refractivity contribution in [3.05, 3.63) is 17.0 Å². The molecule has 0 aliphatic carbocycles. The molecule has 0 atom stereocenters. The number of amides is 1. The number of hydrogen-bond donors (Lipinski definition) is 2. The molecular weight excluding hydrogens is 192 g/mol. The Morgan fingerprint density at radius 2 is 2.40 bits per heavy atom. The number of carbonyl (C=O) groups is 1. The molecule has 1 aromatic rings. The van der Waals surface area contributed by atoms with E-state index in [-0.39, 0.29) is 5.91 Å². The Kier molecular flexibility index (Phi) is 2.73. The largest absolute Gasteiger partial charge is 0.341 e. The molecule has 0 saturated carbocycles. The van der Waals surface area contributed by atoms with Gasteiger partial charge in [0.1, 0.15) is 0 Å². The second kappa shape index (κ2) is 4.02. The molecule has 15 heavy (non-hydrogen) atoms. The van der Waals surface area contributed by atoms with Crippen LogP contribution in [0.4, 0.5) is 0 Å². The molecule has 0 unspecified atom stereocenters. The van der Waals surface area contributed by atoms with Crippen LogP contribution >= 0.6 is 0 Å². The van der Waals surface area contributed by atoms with Crippen molar-refractivity contribution in [1.29, 1.82) is 0 Å². The van der Waals surface area contributed by atoms with Crippen molar-refractivity contribution in [1.82, 2.24) is 20.4 Å². The molecule has 0 bridgehead atoms. The standard InChI is InChI=1S/C10H16N4O/c1-3-14(2)10(15)9-7-6-11-5-4-8(7)12-13-9/h11H,3-6H2,1-2H3,(H,12,13). The summed E-state index contributed by atoms with van der Waals surface area (Å²) in [5.74, 6) is -0.00120. The van der Waals surface area contributed by atoms with Crippen LogP contribution in [0, 0.1) is 0 Å². The van der Waals surface area contributed by atoms with Gasteiger partial charge in [-0.3, -0.25) is 9.89 Å². The number of fused-ring (bicyclic) bond motifs is 1. The van der Waals surface area contributed by atoms with Crippen molar-refractivity contribution in [3.8, 4) is 0 Å². The van der Waals surface area contributed by atoms with Crippen LogP contribution in [0.3, 0.4) is 0 Å². The highest BCUT2D eigenvalue weighted by Crippen LogP contribution is 2.16. The van der Waals surface area contributed by atoms with Crippen LogP contribution in [0.15, 0.2) is 0 Å². The highest BCUT2D eigenvalue weighted by Gasteiger charge is 2.22. The fourth-order valence-corrected chi connectivity index (χ4v) is 1.73. The predicted molar refractivity (Wildman–Crippen MR) is 56.6 cm³/mol. The van der Waals surface area contributed by atoms with Gasteiger partial charge in [-0.05, 0) is 6.92 Å². The molecule has 1 aromatic heterocycles. The number of nitrogens with zero attached hydrogens (tertiary/aromatic N) is 2. The van der Waals surface area contributed by atoms with Gasteiger partial charge in [-0.15, -0.1) is 0 Å². The molecule has 5 heteroatoms. The lowest BCUT2D eigenvalue weighted by molar-refractivity contribution is 0.0795. The van der Waals surface area contributed by atoms with Crippen molar-refractivity contribution in [3.63, 3.8) is 0 Å². The third kappa shape index (κ3) is 1.74. The maximum atomic E-state index is 11.9. The summed E-state index contributed by atoms with van der Waals surface area (Å²) in [6.45, 7) is 4.35. The highest BCUT2D eigenvalue weighted by atomic mass is 16.2. The van der Waals surface area contributed by atoms with Crippen molar-refractivity contribution in [2.75, 3.05) is 20.1 Å². The van der Waals surface area contributed by atoms with E-state index >= 15 is 0 Å². The van der Waals surface area contributed by atoms with Gasteiger partial charge in [0.15, 0.2) is 5.69 Å². The Labute approximate surface area is 88.8 Å². The first-order chi connectivity index (χ1) is 7.24. The quantitative estimate of drug-likeness (QED) is 0.727. The van der Waals surface area contributed by atoms with Crippen LogP contribution < -0.4 is 5.32 Å². The monoisotopic (exact) mass is 208 g/mol. The molecule has 1 aliphatic heterocycles. The first kappa shape index (κ1) is 10.2. The van der Waals surface area contributed by atoms with E-state index in [0.717, 1.165) is 30.8 Å². The van der Waals surface area contributed by atoms with Gasteiger partial charge in [-0.1, -0.05) is 0 Å². The number of rotatable bonds is 2. The second-order valence-electron chi connectivity index (χ2n) is 3.78. The van der Waals surface area contributed by atoms with E-state index in [0.29, 0.717) is 12.2 Å². The third-order valence-electron chi connectivity index (χ3n) is 2.83. The van der Waals surface area contributed by atoms with Gasteiger partial charge in [0.2, 0.25) is 0 Å². The normalized spacial score (nSPS) is 14.8. The van der Waals surface area contributed by atoms with Gasteiger partial charge in [0.25, 0.3) is 5.91 Å². The Bertz CT molecular complexity index is 371. The van der Waals surface area contributed by atoms with Gasteiger partial charge >= 0.3 is 0 Å². The van der Waals surface area contributed by atoms with Crippen LogP contribution in [0.5, 0.6) is 0 Å². The third-order valence-corrected chi connectivity index (χ3v) is 2.83. The molecule has 2 rings (SSSR count). The summed E-state index contributed by atoms with van der Waals surface area (Å²) in [6, 6.07) is 0. The SMILES string of the molecule is CCN(C)C(=O)c1n[nH]c2c1CNCC2. The summed E-state index contributed by atoms with van der Waals surface area (Å²) in [7, 11) is 1.79. The van der Waals surface area contributed by atoms with Crippen molar-refractivity contribution in [2.45, 2.75) is 19.9 Å².